The fraction of sp³-hybridized carbons (Fsp3) is 0.286. The molecule has 0 spiro atoms. The fourth-order valence-electron chi connectivity index (χ4n) is 3.22. The number of hydrogen-bond donors (Lipinski definition) is 1. The van der Waals surface area contributed by atoms with Gasteiger partial charge < -0.3 is 24.4 Å². The van der Waals surface area contributed by atoms with E-state index < -0.39 is 0 Å². The minimum atomic E-state index is -0.248. The van der Waals surface area contributed by atoms with Gasteiger partial charge in [-0.15, -0.1) is 0 Å². The summed E-state index contributed by atoms with van der Waals surface area (Å²) in [6, 6.07) is 10.4. The molecule has 4 rings (SSSR count). The van der Waals surface area contributed by atoms with Gasteiger partial charge in [0.1, 0.15) is 5.75 Å². The number of benzene rings is 2. The molecule has 0 saturated heterocycles. The monoisotopic (exact) mass is 396 g/mol. The lowest BCUT2D eigenvalue weighted by atomic mass is 10.1. The number of fused-ring (bicyclic) bond motifs is 2. The lowest BCUT2D eigenvalue weighted by molar-refractivity contribution is -0.122. The Balaban J connectivity index is 1.37. The molecule has 0 saturated carbocycles. The summed E-state index contributed by atoms with van der Waals surface area (Å²) < 4.78 is 16.0. The summed E-state index contributed by atoms with van der Waals surface area (Å²) in [6.45, 7) is 2.11. The number of nitrogens with one attached hydrogen (secondary N) is 1. The molecule has 2 aliphatic rings. The molecule has 2 heterocycles. The van der Waals surface area contributed by atoms with Crippen molar-refractivity contribution in [1.29, 1.82) is 0 Å². The van der Waals surface area contributed by atoms with Crippen LogP contribution in [0.2, 0.25) is 0 Å². The van der Waals surface area contributed by atoms with Crippen LogP contribution in [-0.4, -0.2) is 37.5 Å². The number of rotatable bonds is 6. The highest BCUT2D eigenvalue weighted by atomic mass is 16.7. The number of amides is 2. The second kappa shape index (κ2) is 7.83. The average Bonchev–Trinajstić information content (AvgIpc) is 3.19. The van der Waals surface area contributed by atoms with Crippen molar-refractivity contribution in [1.82, 2.24) is 5.32 Å². The summed E-state index contributed by atoms with van der Waals surface area (Å²) in [5.74, 6) is 1.33. The molecule has 29 heavy (non-hydrogen) atoms. The van der Waals surface area contributed by atoms with E-state index >= 15 is 0 Å². The molecule has 1 N–H and O–H groups in total. The number of carbonyl (C=O) groups is 3. The normalized spacial score (nSPS) is 14.2. The summed E-state index contributed by atoms with van der Waals surface area (Å²) in [5, 5.41) is 2.84. The lowest BCUT2D eigenvalue weighted by Gasteiger charge is -2.29. The maximum atomic E-state index is 12.3. The molecule has 0 aliphatic carbocycles. The molecule has 8 heteroatoms. The highest BCUT2D eigenvalue weighted by Crippen LogP contribution is 2.34. The van der Waals surface area contributed by atoms with Crippen LogP contribution in [0.1, 0.15) is 29.3 Å². The zero-order valence-corrected chi connectivity index (χ0v) is 15.9. The van der Waals surface area contributed by atoms with Gasteiger partial charge in [-0.2, -0.15) is 0 Å². The number of nitrogens with zero attached hydrogens (tertiary/aromatic N) is 1. The van der Waals surface area contributed by atoms with E-state index in [0.717, 1.165) is 5.56 Å². The van der Waals surface area contributed by atoms with Crippen LogP contribution < -0.4 is 24.4 Å². The smallest absolute Gasteiger partial charge is 0.265 e. The van der Waals surface area contributed by atoms with Gasteiger partial charge in [0.25, 0.3) is 5.91 Å². The average molecular weight is 396 g/mol. The molecule has 2 aromatic carbocycles. The van der Waals surface area contributed by atoms with Gasteiger partial charge in [-0.25, -0.2) is 0 Å². The zero-order valence-electron chi connectivity index (χ0n) is 15.9. The van der Waals surface area contributed by atoms with E-state index in [2.05, 4.69) is 5.32 Å². The summed E-state index contributed by atoms with van der Waals surface area (Å²) in [5.41, 5.74) is 1.89. The Hall–Kier alpha value is -3.55. The van der Waals surface area contributed by atoms with Gasteiger partial charge in [0, 0.05) is 25.1 Å². The third-order valence-electron chi connectivity index (χ3n) is 4.80. The first-order chi connectivity index (χ1) is 14.0. The first-order valence-corrected chi connectivity index (χ1v) is 9.24. The molecule has 2 aliphatic heterocycles. The fourth-order valence-corrected chi connectivity index (χ4v) is 3.22. The summed E-state index contributed by atoms with van der Waals surface area (Å²) in [6.07, 6.45) is 0.125. The predicted molar refractivity (Wildman–Crippen MR) is 103 cm³/mol. The molecule has 0 fully saturated rings. The second-order valence-electron chi connectivity index (χ2n) is 6.79. The highest BCUT2D eigenvalue weighted by Gasteiger charge is 2.26. The number of Topliss-reactive ketones (excluding diaryl/α,β-unsaturated/α-hetero) is 1. The van der Waals surface area contributed by atoms with E-state index in [-0.39, 0.29) is 44.0 Å². The maximum Gasteiger partial charge on any atom is 0.265 e. The SMILES string of the molecule is CC(=O)c1ccc2c(c1)N(CCC(=O)NCc1ccc3c(c1)OCO3)C(=O)CO2. The van der Waals surface area contributed by atoms with Crippen LogP contribution in [0.4, 0.5) is 5.69 Å². The van der Waals surface area contributed by atoms with Crippen LogP contribution in [0.3, 0.4) is 0 Å². The Bertz CT molecular complexity index is 987. The first-order valence-electron chi connectivity index (χ1n) is 9.24. The van der Waals surface area contributed by atoms with Gasteiger partial charge in [-0.1, -0.05) is 6.07 Å². The van der Waals surface area contributed by atoms with E-state index in [0.29, 0.717) is 35.0 Å². The number of ketones is 1. The molecule has 0 bridgehead atoms. The molecular weight excluding hydrogens is 376 g/mol. The Morgan fingerprint density at radius 1 is 1.03 bits per heavy atom. The van der Waals surface area contributed by atoms with Gasteiger partial charge >= 0.3 is 0 Å². The molecule has 150 valence electrons. The summed E-state index contributed by atoms with van der Waals surface area (Å²) in [4.78, 5) is 37.7. The highest BCUT2D eigenvalue weighted by molar-refractivity contribution is 6.01. The molecular formula is C21H20N2O6. The van der Waals surface area contributed by atoms with Crippen molar-refractivity contribution in [3.05, 3.63) is 47.5 Å². The Labute approximate surface area is 167 Å². The third-order valence-corrected chi connectivity index (χ3v) is 4.80. The molecule has 0 unspecified atom stereocenters. The van der Waals surface area contributed by atoms with E-state index in [1.54, 1.807) is 24.3 Å². The van der Waals surface area contributed by atoms with Crippen molar-refractivity contribution < 1.29 is 28.6 Å². The summed E-state index contributed by atoms with van der Waals surface area (Å²) in [7, 11) is 0. The van der Waals surface area contributed by atoms with E-state index in [4.69, 9.17) is 14.2 Å². The molecule has 0 aromatic heterocycles. The standard InChI is InChI=1S/C21H20N2O6/c1-13(24)15-3-5-17-16(9-15)23(21(26)11-27-17)7-6-20(25)22-10-14-2-4-18-19(8-14)29-12-28-18/h2-5,8-9H,6-7,10-12H2,1H3,(H,22,25). The van der Waals surface area contributed by atoms with E-state index in [9.17, 15) is 14.4 Å². The van der Waals surface area contributed by atoms with Crippen LogP contribution in [0.15, 0.2) is 36.4 Å². The van der Waals surface area contributed by atoms with Crippen molar-refractivity contribution in [2.75, 3.05) is 24.8 Å². The van der Waals surface area contributed by atoms with Gasteiger partial charge in [-0.05, 0) is 42.8 Å². The third kappa shape index (κ3) is 4.01. The molecule has 2 aromatic rings. The minimum absolute atomic E-state index is 0.0920. The molecule has 8 nitrogen and oxygen atoms in total. The van der Waals surface area contributed by atoms with Gasteiger partial charge in [-0.3, -0.25) is 14.4 Å². The van der Waals surface area contributed by atoms with Crippen LogP contribution in [0.25, 0.3) is 0 Å². The summed E-state index contributed by atoms with van der Waals surface area (Å²) >= 11 is 0. The molecule has 0 radical (unpaired) electrons. The van der Waals surface area contributed by atoms with Crippen molar-refractivity contribution in [3.63, 3.8) is 0 Å². The van der Waals surface area contributed by atoms with Crippen molar-refractivity contribution in [2.45, 2.75) is 19.9 Å². The van der Waals surface area contributed by atoms with Crippen LogP contribution in [-0.2, 0) is 16.1 Å². The van der Waals surface area contributed by atoms with E-state index in [1.165, 1.54) is 11.8 Å². The Kier molecular flexibility index (Phi) is 5.07. The second-order valence-corrected chi connectivity index (χ2v) is 6.79. The topological polar surface area (TPSA) is 94.2 Å². The number of carbonyl (C=O) groups excluding carboxylic acids is 3. The minimum Gasteiger partial charge on any atom is -0.482 e. The van der Waals surface area contributed by atoms with Crippen LogP contribution >= 0.6 is 0 Å². The van der Waals surface area contributed by atoms with Crippen LogP contribution in [0.5, 0.6) is 17.2 Å². The van der Waals surface area contributed by atoms with Crippen molar-refractivity contribution in [3.8, 4) is 17.2 Å². The quantitative estimate of drug-likeness (QED) is 0.751. The maximum absolute atomic E-state index is 12.3. The zero-order chi connectivity index (χ0) is 20.4. The van der Waals surface area contributed by atoms with Gasteiger partial charge in [0.15, 0.2) is 23.9 Å². The number of hydrogen-bond acceptors (Lipinski definition) is 6. The van der Waals surface area contributed by atoms with Gasteiger partial charge in [0.2, 0.25) is 12.7 Å². The van der Waals surface area contributed by atoms with E-state index in [1.807, 2.05) is 12.1 Å². The predicted octanol–water partition coefficient (Wildman–Crippen LogP) is 2.05. The molecule has 2 amide bonds. The first kappa shape index (κ1) is 18.8. The van der Waals surface area contributed by atoms with Gasteiger partial charge in [0.05, 0.1) is 5.69 Å². The lowest BCUT2D eigenvalue weighted by Crippen LogP contribution is -2.41. The largest absolute Gasteiger partial charge is 0.482 e. The number of ether oxygens (including phenoxy) is 3. The van der Waals surface area contributed by atoms with Crippen molar-refractivity contribution in [2.24, 2.45) is 0 Å². The number of anilines is 1. The van der Waals surface area contributed by atoms with Crippen molar-refractivity contribution >= 4 is 23.3 Å². The van der Waals surface area contributed by atoms with Crippen LogP contribution in [0, 0.1) is 0 Å². The molecule has 0 atom stereocenters. The Morgan fingerprint density at radius 2 is 1.83 bits per heavy atom. The Morgan fingerprint density at radius 3 is 2.66 bits per heavy atom.